The van der Waals surface area contributed by atoms with Crippen LogP contribution in [0, 0.1) is 6.92 Å². The van der Waals surface area contributed by atoms with Gasteiger partial charge in [0.05, 0.1) is 0 Å². The Morgan fingerprint density at radius 1 is 1.36 bits per heavy atom. The van der Waals surface area contributed by atoms with Gasteiger partial charge in [-0.15, -0.1) is 0 Å². The zero-order chi connectivity index (χ0) is 9.26. The molecule has 2 rings (SSSR count). The van der Waals surface area contributed by atoms with Crippen molar-refractivity contribution in [2.75, 3.05) is 0 Å². The first-order chi connectivity index (χ1) is 6.27. The zero-order valence-electron chi connectivity index (χ0n) is 7.54. The van der Waals surface area contributed by atoms with E-state index >= 15 is 0 Å². The molecule has 0 unspecified atom stereocenters. The fraction of sp³-hybridized carbons (Fsp3) is 0.111. The van der Waals surface area contributed by atoms with Gasteiger partial charge in [-0.2, -0.15) is 0 Å². The Morgan fingerprint density at radius 2 is 2.07 bits per heavy atom. The topological polar surface area (TPSA) is 78.7 Å². The second-order valence-corrected chi connectivity index (χ2v) is 2.75. The standard InChI is InChI=1S/C9H8N2O2.N/c1-7-4-2-3-5-8(7)11-6-9(12)13-10-11;/h2-6H,1H3;. The minimum absolute atomic E-state index is 0. The number of nitrogens with zero attached hydrogens (tertiary/aromatic N) is 3. The molecule has 0 amide bonds. The Labute approximate surface area is 80.5 Å². The first kappa shape index (κ1) is 10.2. The maximum atomic E-state index is 10.7. The number of hydrogen-bond acceptors (Lipinski definition) is 2. The Kier molecular flexibility index (Phi) is 2.83. The molecule has 2 aromatic rings. The van der Waals surface area contributed by atoms with Gasteiger partial charge in [0.15, 0.2) is 0 Å². The van der Waals surface area contributed by atoms with Crippen molar-refractivity contribution < 1.29 is 9.20 Å². The van der Waals surface area contributed by atoms with Crippen molar-refractivity contribution in [3.05, 3.63) is 46.4 Å². The second kappa shape index (κ2) is 3.89. The molecule has 0 fully saturated rings. The Bertz CT molecular complexity index is 473. The molecule has 5 nitrogen and oxygen atoms in total. The summed E-state index contributed by atoms with van der Waals surface area (Å²) in [6.45, 7) is 1.95. The summed E-state index contributed by atoms with van der Waals surface area (Å²) in [5.41, 5.74) is 1.46. The summed E-state index contributed by atoms with van der Waals surface area (Å²) < 4.78 is 5.86. The highest BCUT2D eigenvalue weighted by molar-refractivity contribution is 5.31. The summed E-state index contributed by atoms with van der Waals surface area (Å²) in [5, 5.41) is 3.58. The van der Waals surface area contributed by atoms with E-state index in [0.717, 1.165) is 11.3 Å². The first-order valence-electron chi connectivity index (χ1n) is 3.89. The summed E-state index contributed by atoms with van der Waals surface area (Å²) in [6.07, 6.45) is 1.31. The number of rotatable bonds is 1. The highest BCUT2D eigenvalue weighted by Crippen LogP contribution is 2.03. The summed E-state index contributed by atoms with van der Waals surface area (Å²) >= 11 is 0. The highest BCUT2D eigenvalue weighted by atomic mass is 16.5. The fourth-order valence-corrected chi connectivity index (χ4v) is 1.17. The monoisotopic (exact) mass is 190 g/mol. The second-order valence-electron chi connectivity index (χ2n) is 2.75. The van der Waals surface area contributed by atoms with E-state index in [9.17, 15) is 4.79 Å². The van der Waals surface area contributed by atoms with Gasteiger partial charge in [0.25, 0.3) is 6.20 Å². The van der Waals surface area contributed by atoms with Gasteiger partial charge in [-0.25, -0.2) is 14.7 Å². The fourth-order valence-electron chi connectivity index (χ4n) is 1.17. The summed E-state index contributed by atoms with van der Waals surface area (Å²) in [7, 11) is 0. The zero-order valence-corrected chi connectivity index (χ0v) is 7.54. The molecule has 1 aromatic carbocycles. The van der Waals surface area contributed by atoms with Crippen LogP contribution in [-0.4, -0.2) is 0 Å². The number of aromatic nitrogens is 2. The molecule has 0 saturated carbocycles. The maximum absolute atomic E-state index is 10.7. The Balaban J connectivity index is 0.000000980. The highest BCUT2D eigenvalue weighted by Gasteiger charge is 2.05. The Morgan fingerprint density at radius 3 is 2.64 bits per heavy atom. The normalized spacial score (nSPS) is 9.50. The predicted octanol–water partition coefficient (Wildman–Crippen LogP) is -0.298. The van der Waals surface area contributed by atoms with E-state index < -0.39 is 5.63 Å². The van der Waals surface area contributed by atoms with Crippen molar-refractivity contribution in [3.63, 3.8) is 0 Å². The van der Waals surface area contributed by atoms with Gasteiger partial charge in [-0.1, -0.05) is 18.2 Å². The van der Waals surface area contributed by atoms with Crippen LogP contribution >= 0.6 is 0 Å². The van der Waals surface area contributed by atoms with Crippen LogP contribution in [0.15, 0.2) is 39.8 Å². The molecule has 0 aliphatic heterocycles. The molecule has 0 saturated heterocycles. The lowest BCUT2D eigenvalue weighted by Crippen LogP contribution is -2.34. The average molecular weight is 190 g/mol. The minimum Gasteiger partial charge on any atom is -0.471 e. The quantitative estimate of drug-likeness (QED) is 0.579. The van der Waals surface area contributed by atoms with E-state index in [1.165, 1.54) is 10.9 Å². The van der Waals surface area contributed by atoms with Gasteiger partial charge >= 0.3 is 5.63 Å². The van der Waals surface area contributed by atoms with Crippen molar-refractivity contribution in [1.82, 2.24) is 11.4 Å². The van der Waals surface area contributed by atoms with Crippen LogP contribution in [0.5, 0.6) is 0 Å². The molecule has 0 atom stereocenters. The van der Waals surface area contributed by atoms with Crippen molar-refractivity contribution >= 4 is 0 Å². The third-order valence-electron chi connectivity index (χ3n) is 1.81. The largest absolute Gasteiger partial charge is 0.471 e. The van der Waals surface area contributed by atoms with Gasteiger partial charge < -0.3 is 4.52 Å². The summed E-state index contributed by atoms with van der Waals surface area (Å²) in [4.78, 5) is 10.7. The predicted molar refractivity (Wildman–Crippen MR) is 46.7 cm³/mol. The van der Waals surface area contributed by atoms with E-state index in [1.807, 2.05) is 31.2 Å². The van der Waals surface area contributed by atoms with E-state index in [2.05, 4.69) is 9.79 Å². The molecule has 71 valence electrons. The van der Waals surface area contributed by atoms with E-state index in [0.29, 0.717) is 0 Å². The van der Waals surface area contributed by atoms with Crippen LogP contribution < -0.4 is 21.7 Å². The maximum Gasteiger partial charge on any atom is 0.389 e. The van der Waals surface area contributed by atoms with Crippen LogP contribution in [0.4, 0.5) is 0 Å². The molecule has 0 spiro atoms. The molecule has 0 N–H and O–H groups in total. The van der Waals surface area contributed by atoms with E-state index in [4.69, 9.17) is 0 Å². The molecule has 5 heteroatoms. The van der Waals surface area contributed by atoms with Crippen molar-refractivity contribution in [2.24, 2.45) is 0 Å². The lowest BCUT2D eigenvalue weighted by atomic mass is 10.2. The Hall–Kier alpha value is -1.88. The average Bonchev–Trinajstić information content (AvgIpc) is 2.53. The van der Waals surface area contributed by atoms with Crippen LogP contribution in [-0.2, 0) is 0 Å². The van der Waals surface area contributed by atoms with E-state index in [-0.39, 0.29) is 6.15 Å². The molecule has 0 aliphatic rings. The molecular weight excluding hydrogens is 182 g/mol. The first-order valence-corrected chi connectivity index (χ1v) is 3.89. The molecule has 0 aliphatic carbocycles. The minimum atomic E-state index is -0.441. The molecule has 0 bridgehead atoms. The molecular formula is C9H8N3O2. The van der Waals surface area contributed by atoms with Crippen molar-refractivity contribution in [2.45, 2.75) is 6.92 Å². The number of para-hydroxylation sites is 1. The van der Waals surface area contributed by atoms with Crippen molar-refractivity contribution in [3.8, 4) is 5.69 Å². The van der Waals surface area contributed by atoms with Crippen LogP contribution in [0.25, 0.3) is 5.69 Å². The molecule has 1 heterocycles. The molecule has 14 heavy (non-hydrogen) atoms. The van der Waals surface area contributed by atoms with E-state index in [1.54, 1.807) is 0 Å². The number of benzene rings is 1. The van der Waals surface area contributed by atoms with Crippen LogP contribution in [0.1, 0.15) is 5.56 Å². The lowest BCUT2D eigenvalue weighted by molar-refractivity contribution is -0.676. The van der Waals surface area contributed by atoms with Gasteiger partial charge in [0.1, 0.15) is 0 Å². The molecule has 1 aromatic heterocycles. The van der Waals surface area contributed by atoms with Gasteiger partial charge in [0, 0.05) is 17.8 Å². The molecule has 3 radical (unpaired) electrons. The number of aryl methyl sites for hydroxylation is 1. The van der Waals surface area contributed by atoms with Gasteiger partial charge in [-0.05, 0) is 6.92 Å². The van der Waals surface area contributed by atoms with Crippen molar-refractivity contribution in [1.29, 1.82) is 0 Å². The third-order valence-corrected chi connectivity index (χ3v) is 1.81. The third kappa shape index (κ3) is 1.72. The lowest BCUT2D eigenvalue weighted by Gasteiger charge is -1.98. The summed E-state index contributed by atoms with van der Waals surface area (Å²) in [5.74, 6) is 0. The number of hydrogen-bond donors (Lipinski definition) is 0. The SMILES string of the molecule is Cc1ccccc1-[n+]1cc(=O)o[n-]1.[N]. The van der Waals surface area contributed by atoms with Crippen LogP contribution in [0.3, 0.4) is 0 Å². The van der Waals surface area contributed by atoms with Gasteiger partial charge in [0.2, 0.25) is 5.69 Å². The summed E-state index contributed by atoms with van der Waals surface area (Å²) in [6, 6.07) is 7.63. The smallest absolute Gasteiger partial charge is 0.389 e. The van der Waals surface area contributed by atoms with Gasteiger partial charge in [-0.3, -0.25) is 0 Å². The van der Waals surface area contributed by atoms with Crippen LogP contribution in [0.2, 0.25) is 0 Å².